The van der Waals surface area contributed by atoms with Gasteiger partial charge < -0.3 is 19.9 Å². The normalized spacial score (nSPS) is 27.1. The Morgan fingerprint density at radius 3 is 2.74 bits per heavy atom. The van der Waals surface area contributed by atoms with Gasteiger partial charge in [-0.15, -0.1) is 0 Å². The quantitative estimate of drug-likeness (QED) is 0.673. The van der Waals surface area contributed by atoms with Gasteiger partial charge in [-0.05, 0) is 5.92 Å². The highest BCUT2D eigenvalue weighted by Gasteiger charge is 2.36. The van der Waals surface area contributed by atoms with E-state index in [1.54, 1.807) is 0 Å². The molecule has 3 N–H and O–H groups in total. The standard InChI is InChI=1S/C12H18N2O5/c1-6(2)7-4-13-12(18)14(11(7)17)10-3-8(16)9(5-15)19-10/h4,6,8-10,15-16H,3,5H2,1-2H3,(H,13,18)/t8-,9+,10?/m0/s1. The van der Waals surface area contributed by atoms with Gasteiger partial charge >= 0.3 is 5.69 Å². The molecule has 0 spiro atoms. The minimum absolute atomic E-state index is 0.0319. The number of H-pyrrole nitrogens is 1. The van der Waals surface area contributed by atoms with Crippen LogP contribution in [0.1, 0.15) is 38.0 Å². The smallest absolute Gasteiger partial charge is 0.330 e. The lowest BCUT2D eigenvalue weighted by atomic mass is 10.1. The molecule has 2 rings (SSSR count). The Morgan fingerprint density at radius 1 is 1.53 bits per heavy atom. The van der Waals surface area contributed by atoms with Gasteiger partial charge in [-0.1, -0.05) is 13.8 Å². The van der Waals surface area contributed by atoms with Crippen molar-refractivity contribution in [1.29, 1.82) is 0 Å². The third kappa shape index (κ3) is 2.49. The van der Waals surface area contributed by atoms with Crippen LogP contribution in [0.5, 0.6) is 0 Å². The van der Waals surface area contributed by atoms with Crippen molar-refractivity contribution in [2.45, 2.75) is 44.6 Å². The Morgan fingerprint density at radius 2 is 2.21 bits per heavy atom. The van der Waals surface area contributed by atoms with Crippen molar-refractivity contribution < 1.29 is 14.9 Å². The van der Waals surface area contributed by atoms with Crippen LogP contribution in [-0.2, 0) is 4.74 Å². The lowest BCUT2D eigenvalue weighted by molar-refractivity contribution is -0.0470. The van der Waals surface area contributed by atoms with Crippen molar-refractivity contribution in [1.82, 2.24) is 9.55 Å². The van der Waals surface area contributed by atoms with Crippen LogP contribution in [-0.4, -0.2) is 38.6 Å². The van der Waals surface area contributed by atoms with E-state index in [0.29, 0.717) is 5.56 Å². The molecule has 7 nitrogen and oxygen atoms in total. The second-order valence-corrected chi connectivity index (χ2v) is 4.99. The predicted octanol–water partition coefficient (Wildman–Crippen LogP) is -0.699. The predicted molar refractivity (Wildman–Crippen MR) is 67.0 cm³/mol. The van der Waals surface area contributed by atoms with E-state index in [-0.39, 0.29) is 18.9 Å². The van der Waals surface area contributed by atoms with Gasteiger partial charge in [-0.25, -0.2) is 9.36 Å². The molecule has 3 atom stereocenters. The summed E-state index contributed by atoms with van der Waals surface area (Å²) in [7, 11) is 0. The molecule has 1 aromatic heterocycles. The van der Waals surface area contributed by atoms with Crippen molar-refractivity contribution in [2.75, 3.05) is 6.61 Å². The van der Waals surface area contributed by atoms with Crippen molar-refractivity contribution in [3.63, 3.8) is 0 Å². The topological polar surface area (TPSA) is 105 Å². The minimum atomic E-state index is -0.885. The lowest BCUT2D eigenvalue weighted by Crippen LogP contribution is -2.40. The zero-order valence-corrected chi connectivity index (χ0v) is 10.9. The fraction of sp³-hybridized carbons (Fsp3) is 0.667. The number of nitrogens with zero attached hydrogens (tertiary/aromatic N) is 1. The second kappa shape index (κ2) is 5.28. The maximum atomic E-state index is 12.2. The Balaban J connectivity index is 2.44. The van der Waals surface area contributed by atoms with E-state index in [9.17, 15) is 14.7 Å². The van der Waals surface area contributed by atoms with Crippen LogP contribution >= 0.6 is 0 Å². The van der Waals surface area contributed by atoms with Gasteiger partial charge in [-0.2, -0.15) is 0 Å². The highest BCUT2D eigenvalue weighted by atomic mass is 16.5. The number of aromatic nitrogens is 2. The highest BCUT2D eigenvalue weighted by Crippen LogP contribution is 2.26. The molecule has 1 aliphatic rings. The van der Waals surface area contributed by atoms with E-state index < -0.39 is 29.7 Å². The average molecular weight is 270 g/mol. The fourth-order valence-electron chi connectivity index (χ4n) is 2.21. The number of aromatic amines is 1. The molecule has 0 amide bonds. The van der Waals surface area contributed by atoms with Gasteiger partial charge in [0.05, 0.1) is 12.7 Å². The summed E-state index contributed by atoms with van der Waals surface area (Å²) >= 11 is 0. The van der Waals surface area contributed by atoms with Gasteiger partial charge in [0.2, 0.25) is 0 Å². The Bertz CT molecular complexity index is 562. The van der Waals surface area contributed by atoms with E-state index in [1.165, 1.54) is 6.20 Å². The molecule has 2 heterocycles. The van der Waals surface area contributed by atoms with Crippen LogP contribution < -0.4 is 11.2 Å². The van der Waals surface area contributed by atoms with E-state index >= 15 is 0 Å². The number of aliphatic hydroxyl groups excluding tert-OH is 2. The summed E-state index contributed by atoms with van der Waals surface area (Å²) in [5, 5.41) is 18.7. The van der Waals surface area contributed by atoms with Crippen LogP contribution in [0.4, 0.5) is 0 Å². The highest BCUT2D eigenvalue weighted by molar-refractivity contribution is 5.09. The molecule has 0 radical (unpaired) electrons. The van der Waals surface area contributed by atoms with Gasteiger partial charge in [0.1, 0.15) is 12.3 Å². The van der Waals surface area contributed by atoms with E-state index in [1.807, 2.05) is 13.8 Å². The first kappa shape index (κ1) is 14.0. The third-order valence-electron chi connectivity index (χ3n) is 3.33. The summed E-state index contributed by atoms with van der Waals surface area (Å²) in [5.74, 6) is -0.0319. The zero-order valence-electron chi connectivity index (χ0n) is 10.9. The zero-order chi connectivity index (χ0) is 14.2. The fourth-order valence-corrected chi connectivity index (χ4v) is 2.21. The summed E-state index contributed by atoms with van der Waals surface area (Å²) < 4.78 is 6.31. The lowest BCUT2D eigenvalue weighted by Gasteiger charge is -2.15. The maximum absolute atomic E-state index is 12.2. The Hall–Kier alpha value is -1.44. The number of nitrogens with one attached hydrogen (secondary N) is 1. The Kier molecular flexibility index (Phi) is 3.88. The molecule has 19 heavy (non-hydrogen) atoms. The number of aliphatic hydroxyl groups is 2. The van der Waals surface area contributed by atoms with E-state index in [4.69, 9.17) is 9.84 Å². The largest absolute Gasteiger partial charge is 0.394 e. The number of hydrogen-bond acceptors (Lipinski definition) is 5. The molecule has 1 fully saturated rings. The van der Waals surface area contributed by atoms with Crippen molar-refractivity contribution in [3.05, 3.63) is 32.6 Å². The molecule has 1 aliphatic heterocycles. The first-order chi connectivity index (χ1) is 8.95. The average Bonchev–Trinajstić information content (AvgIpc) is 2.70. The summed E-state index contributed by atoms with van der Waals surface area (Å²) in [6, 6.07) is 0. The number of hydrogen-bond donors (Lipinski definition) is 3. The van der Waals surface area contributed by atoms with Gasteiger partial charge in [0, 0.05) is 18.2 Å². The third-order valence-corrected chi connectivity index (χ3v) is 3.33. The molecule has 106 valence electrons. The molecule has 0 aliphatic carbocycles. The first-order valence-electron chi connectivity index (χ1n) is 6.24. The minimum Gasteiger partial charge on any atom is -0.394 e. The summed E-state index contributed by atoms with van der Waals surface area (Å²) in [4.78, 5) is 26.5. The number of ether oxygens (including phenoxy) is 1. The summed E-state index contributed by atoms with van der Waals surface area (Å²) in [6.45, 7) is 3.34. The van der Waals surface area contributed by atoms with Crippen LogP contribution in [0.2, 0.25) is 0 Å². The second-order valence-electron chi connectivity index (χ2n) is 4.99. The monoisotopic (exact) mass is 270 g/mol. The van der Waals surface area contributed by atoms with E-state index in [2.05, 4.69) is 4.98 Å². The first-order valence-corrected chi connectivity index (χ1v) is 6.24. The maximum Gasteiger partial charge on any atom is 0.330 e. The van der Waals surface area contributed by atoms with Crippen molar-refractivity contribution in [3.8, 4) is 0 Å². The van der Waals surface area contributed by atoms with Gasteiger partial charge in [0.25, 0.3) is 5.56 Å². The number of rotatable bonds is 3. The van der Waals surface area contributed by atoms with Gasteiger partial charge in [-0.3, -0.25) is 4.79 Å². The summed E-state index contributed by atoms with van der Waals surface area (Å²) in [5.41, 5.74) is -0.523. The molecule has 1 aromatic rings. The molecule has 0 saturated carbocycles. The molecule has 0 aromatic carbocycles. The molecular weight excluding hydrogens is 252 g/mol. The molecule has 1 unspecified atom stereocenters. The summed E-state index contributed by atoms with van der Waals surface area (Å²) in [6.07, 6.45) is -0.985. The van der Waals surface area contributed by atoms with Crippen LogP contribution in [0.15, 0.2) is 15.8 Å². The Labute approximate surface area is 109 Å². The van der Waals surface area contributed by atoms with Crippen LogP contribution in [0.3, 0.4) is 0 Å². The van der Waals surface area contributed by atoms with Gasteiger partial charge in [0.15, 0.2) is 0 Å². The van der Waals surface area contributed by atoms with Crippen LogP contribution in [0, 0.1) is 0 Å². The van der Waals surface area contributed by atoms with Crippen LogP contribution in [0.25, 0.3) is 0 Å². The SMILES string of the molecule is CC(C)c1c[nH]c(=O)n(C2C[C@H](O)[C@@H](CO)O2)c1=O. The molecular formula is C12H18N2O5. The molecule has 0 bridgehead atoms. The molecule has 1 saturated heterocycles. The van der Waals surface area contributed by atoms with Crippen molar-refractivity contribution in [2.24, 2.45) is 0 Å². The van der Waals surface area contributed by atoms with Crippen molar-refractivity contribution >= 4 is 0 Å². The van der Waals surface area contributed by atoms with E-state index in [0.717, 1.165) is 4.57 Å². The molecule has 7 heteroatoms.